The van der Waals surface area contributed by atoms with Crippen molar-refractivity contribution in [1.82, 2.24) is 14.0 Å². The Kier molecular flexibility index (Phi) is 8.61. The van der Waals surface area contributed by atoms with Crippen LogP contribution in [0.2, 0.25) is 0 Å². The lowest BCUT2D eigenvalue weighted by Crippen LogP contribution is -2.36. The summed E-state index contributed by atoms with van der Waals surface area (Å²) in [5.74, 6) is 1.44. The third-order valence-corrected chi connectivity index (χ3v) is 5.96. The average Bonchev–Trinajstić information content (AvgIpc) is 3.08. The molecule has 1 aliphatic heterocycles. The summed E-state index contributed by atoms with van der Waals surface area (Å²) in [6, 6.07) is 15.4. The number of fused-ring (bicyclic) bond motifs is 1. The topological polar surface area (TPSA) is 75.6 Å². The Balaban J connectivity index is 0.00000289. The second-order valence-corrected chi connectivity index (χ2v) is 8.12. The number of hydrogen-bond acceptors (Lipinski definition) is 5. The Bertz CT molecular complexity index is 1040. The lowest BCUT2D eigenvalue weighted by atomic mass is 10.1. The predicted octanol–water partition coefficient (Wildman–Crippen LogP) is 3.28. The van der Waals surface area contributed by atoms with Gasteiger partial charge in [-0.1, -0.05) is 18.6 Å². The van der Waals surface area contributed by atoms with Crippen molar-refractivity contribution in [3.8, 4) is 11.5 Å². The first kappa shape index (κ1) is 24.2. The van der Waals surface area contributed by atoms with Crippen LogP contribution in [0, 0.1) is 5.41 Å². The Hall–Kier alpha value is -2.48. The number of methoxy groups -OCH3 is 1. The molecule has 0 aliphatic carbocycles. The van der Waals surface area contributed by atoms with Crippen molar-refractivity contribution >= 4 is 23.4 Å². The number of benzene rings is 2. The number of halogens is 1. The molecule has 0 spiro atoms. The normalized spacial score (nSPS) is 15.3. The number of aromatic nitrogens is 2. The van der Waals surface area contributed by atoms with Gasteiger partial charge in [-0.3, -0.25) is 5.41 Å². The molecule has 1 unspecified atom stereocenters. The molecule has 8 heteroatoms. The number of nitrogens with zero attached hydrogens (tertiary/aromatic N) is 3. The van der Waals surface area contributed by atoms with E-state index in [9.17, 15) is 5.11 Å². The van der Waals surface area contributed by atoms with Crippen LogP contribution < -0.4 is 15.1 Å². The standard InChI is InChI=1S/C24H32N4O3.ClH/c1-30-20-9-11-21(12-10-20)31-18-19(29)17-28-23-8-4-3-7-22(23)27(24(28)25)16-15-26-13-5-2-6-14-26;/h3-4,7-12,19,25,29H,2,5-6,13-18H2,1H3;1H. The van der Waals surface area contributed by atoms with Crippen molar-refractivity contribution in [2.75, 3.05) is 33.4 Å². The summed E-state index contributed by atoms with van der Waals surface area (Å²) in [5.41, 5.74) is 2.42. The first-order chi connectivity index (χ1) is 15.2. The van der Waals surface area contributed by atoms with Crippen LogP contribution in [-0.2, 0) is 13.1 Å². The molecular weight excluding hydrogens is 428 g/mol. The maximum Gasteiger partial charge on any atom is 0.203 e. The van der Waals surface area contributed by atoms with Gasteiger partial charge in [0.05, 0.1) is 24.7 Å². The molecule has 1 saturated heterocycles. The smallest absolute Gasteiger partial charge is 0.203 e. The lowest BCUT2D eigenvalue weighted by molar-refractivity contribution is 0.0920. The summed E-state index contributed by atoms with van der Waals surface area (Å²) < 4.78 is 14.8. The fourth-order valence-electron chi connectivity index (χ4n) is 4.26. The highest BCUT2D eigenvalue weighted by molar-refractivity contribution is 5.85. The second-order valence-electron chi connectivity index (χ2n) is 8.12. The first-order valence-corrected chi connectivity index (χ1v) is 11.1. The van der Waals surface area contributed by atoms with Crippen LogP contribution in [0.25, 0.3) is 11.0 Å². The molecule has 1 fully saturated rings. The fraction of sp³-hybridized carbons (Fsp3) is 0.458. The summed E-state index contributed by atoms with van der Waals surface area (Å²) in [6.07, 6.45) is 3.13. The van der Waals surface area contributed by atoms with Crippen molar-refractivity contribution in [1.29, 1.82) is 5.41 Å². The molecule has 174 valence electrons. The zero-order valence-corrected chi connectivity index (χ0v) is 19.4. The molecule has 2 aromatic carbocycles. The molecule has 1 aliphatic rings. The number of imidazole rings is 1. The zero-order valence-electron chi connectivity index (χ0n) is 18.6. The van der Waals surface area contributed by atoms with Gasteiger partial charge >= 0.3 is 0 Å². The van der Waals surface area contributed by atoms with Gasteiger partial charge in [0.2, 0.25) is 5.62 Å². The van der Waals surface area contributed by atoms with Crippen molar-refractivity contribution in [2.45, 2.75) is 38.5 Å². The van der Waals surface area contributed by atoms with Crippen molar-refractivity contribution < 1.29 is 14.6 Å². The van der Waals surface area contributed by atoms with E-state index in [2.05, 4.69) is 15.5 Å². The number of para-hydroxylation sites is 2. The lowest BCUT2D eigenvalue weighted by Gasteiger charge is -2.26. The molecule has 3 aromatic rings. The number of likely N-dealkylation sites (tertiary alicyclic amines) is 1. The van der Waals surface area contributed by atoms with Gasteiger partial charge in [-0.05, 0) is 62.3 Å². The summed E-state index contributed by atoms with van der Waals surface area (Å²) in [7, 11) is 1.62. The summed E-state index contributed by atoms with van der Waals surface area (Å²) >= 11 is 0. The number of aliphatic hydroxyl groups excluding tert-OH is 1. The molecule has 0 amide bonds. The van der Waals surface area contributed by atoms with Crippen molar-refractivity contribution in [3.63, 3.8) is 0 Å². The molecule has 0 radical (unpaired) electrons. The molecule has 7 nitrogen and oxygen atoms in total. The molecule has 4 rings (SSSR count). The molecular formula is C24H33ClN4O3. The third-order valence-electron chi connectivity index (χ3n) is 5.96. The Morgan fingerprint density at radius 2 is 1.53 bits per heavy atom. The van der Waals surface area contributed by atoms with Gasteiger partial charge < -0.3 is 28.6 Å². The van der Waals surface area contributed by atoms with Crippen LogP contribution in [-0.4, -0.2) is 58.6 Å². The number of nitrogens with one attached hydrogen (secondary N) is 1. The first-order valence-electron chi connectivity index (χ1n) is 11.1. The minimum absolute atomic E-state index is 0. The van der Waals surface area contributed by atoms with Crippen LogP contribution in [0.3, 0.4) is 0 Å². The molecule has 1 aromatic heterocycles. The Morgan fingerprint density at radius 1 is 0.906 bits per heavy atom. The molecule has 32 heavy (non-hydrogen) atoms. The van der Waals surface area contributed by atoms with Crippen molar-refractivity contribution in [3.05, 3.63) is 54.1 Å². The SMILES string of the molecule is COc1ccc(OCC(O)Cn2c(=N)n(CCN3CCCCC3)c3ccccc32)cc1.Cl. The predicted molar refractivity (Wildman–Crippen MR) is 128 cm³/mol. The van der Waals surface area contributed by atoms with E-state index in [1.807, 2.05) is 47.0 Å². The van der Waals surface area contributed by atoms with Gasteiger partial charge in [-0.25, -0.2) is 0 Å². The van der Waals surface area contributed by atoms with E-state index in [1.165, 1.54) is 19.3 Å². The fourth-order valence-corrected chi connectivity index (χ4v) is 4.26. The van der Waals surface area contributed by atoms with Gasteiger partial charge in [0.25, 0.3) is 0 Å². The Morgan fingerprint density at radius 3 is 2.19 bits per heavy atom. The maximum atomic E-state index is 10.6. The average molecular weight is 461 g/mol. The summed E-state index contributed by atoms with van der Waals surface area (Å²) in [6.45, 7) is 4.50. The number of ether oxygens (including phenoxy) is 2. The van der Waals surface area contributed by atoms with E-state index in [1.54, 1.807) is 7.11 Å². The van der Waals surface area contributed by atoms with E-state index in [4.69, 9.17) is 14.9 Å². The van der Waals surface area contributed by atoms with E-state index in [-0.39, 0.29) is 19.0 Å². The van der Waals surface area contributed by atoms with E-state index in [0.717, 1.165) is 43.0 Å². The van der Waals surface area contributed by atoms with E-state index in [0.29, 0.717) is 17.9 Å². The Labute approximate surface area is 195 Å². The molecule has 0 saturated carbocycles. The number of aliphatic hydroxyl groups is 1. The maximum absolute atomic E-state index is 10.6. The summed E-state index contributed by atoms with van der Waals surface area (Å²) in [5, 5.41) is 19.4. The molecule has 2 N–H and O–H groups in total. The van der Waals surface area contributed by atoms with Crippen LogP contribution in [0.5, 0.6) is 11.5 Å². The third kappa shape index (κ3) is 5.65. The van der Waals surface area contributed by atoms with Gasteiger partial charge in [0.1, 0.15) is 24.2 Å². The highest BCUT2D eigenvalue weighted by atomic mass is 35.5. The number of piperidine rings is 1. The van der Waals surface area contributed by atoms with Crippen molar-refractivity contribution in [2.24, 2.45) is 0 Å². The van der Waals surface area contributed by atoms with Gasteiger partial charge in [0.15, 0.2) is 0 Å². The van der Waals surface area contributed by atoms with Crippen LogP contribution in [0.15, 0.2) is 48.5 Å². The van der Waals surface area contributed by atoms with Gasteiger partial charge in [-0.2, -0.15) is 0 Å². The number of rotatable bonds is 9. The second kappa shape index (κ2) is 11.4. The van der Waals surface area contributed by atoms with Crippen LogP contribution in [0.1, 0.15) is 19.3 Å². The zero-order chi connectivity index (χ0) is 21.6. The molecule has 1 atom stereocenters. The highest BCUT2D eigenvalue weighted by Crippen LogP contribution is 2.18. The van der Waals surface area contributed by atoms with Gasteiger partial charge in [-0.15, -0.1) is 12.4 Å². The van der Waals surface area contributed by atoms with E-state index >= 15 is 0 Å². The largest absolute Gasteiger partial charge is 0.497 e. The molecule has 0 bridgehead atoms. The number of hydrogen-bond donors (Lipinski definition) is 2. The van der Waals surface area contributed by atoms with Gasteiger partial charge in [0, 0.05) is 13.1 Å². The minimum Gasteiger partial charge on any atom is -0.497 e. The minimum atomic E-state index is -0.724. The molecule has 2 heterocycles. The monoisotopic (exact) mass is 460 g/mol. The van der Waals surface area contributed by atoms with E-state index < -0.39 is 6.10 Å². The summed E-state index contributed by atoms with van der Waals surface area (Å²) in [4.78, 5) is 2.49. The van der Waals surface area contributed by atoms with Crippen LogP contribution in [0.4, 0.5) is 0 Å². The quantitative estimate of drug-likeness (QED) is 0.514. The van der Waals surface area contributed by atoms with Crippen LogP contribution >= 0.6 is 12.4 Å². The highest BCUT2D eigenvalue weighted by Gasteiger charge is 2.16.